The number of carbonyl (C=O) groups is 1. The molecule has 0 aliphatic rings. The number of nitrogens with zero attached hydrogens (tertiary/aromatic N) is 1. The molecule has 0 radical (unpaired) electrons. The van der Waals surface area contributed by atoms with Gasteiger partial charge in [0.1, 0.15) is 5.82 Å². The number of rotatable bonds is 7. The van der Waals surface area contributed by atoms with Crippen LogP contribution in [0.4, 0.5) is 10.1 Å². The third kappa shape index (κ3) is 4.35. The van der Waals surface area contributed by atoms with E-state index in [4.69, 9.17) is 0 Å². The van der Waals surface area contributed by atoms with Gasteiger partial charge in [0.2, 0.25) is 5.91 Å². The molecule has 0 saturated heterocycles. The average molecular weight is 252 g/mol. The third-order valence-electron chi connectivity index (χ3n) is 2.64. The molecule has 0 heterocycles. The molecule has 0 spiro atoms. The molecule has 0 atom stereocenters. The lowest BCUT2D eigenvalue weighted by Gasteiger charge is -2.21. The Morgan fingerprint density at radius 2 is 1.83 bits per heavy atom. The molecule has 4 heteroatoms. The molecular formula is C14H21FN2O. The van der Waals surface area contributed by atoms with Crippen molar-refractivity contribution in [3.63, 3.8) is 0 Å². The van der Waals surface area contributed by atoms with E-state index in [1.165, 1.54) is 6.07 Å². The lowest BCUT2D eigenvalue weighted by atomic mass is 10.3. The summed E-state index contributed by atoms with van der Waals surface area (Å²) in [5, 5.41) is 2.84. The van der Waals surface area contributed by atoms with Gasteiger partial charge in [-0.2, -0.15) is 0 Å². The summed E-state index contributed by atoms with van der Waals surface area (Å²) >= 11 is 0. The van der Waals surface area contributed by atoms with Crippen molar-refractivity contribution in [2.24, 2.45) is 0 Å². The van der Waals surface area contributed by atoms with E-state index in [0.717, 1.165) is 25.9 Å². The van der Waals surface area contributed by atoms with Gasteiger partial charge in [0.05, 0.1) is 12.2 Å². The van der Waals surface area contributed by atoms with Crippen LogP contribution < -0.4 is 5.32 Å². The zero-order chi connectivity index (χ0) is 13.4. The Morgan fingerprint density at radius 1 is 1.22 bits per heavy atom. The van der Waals surface area contributed by atoms with E-state index in [9.17, 15) is 9.18 Å². The molecule has 0 aliphatic carbocycles. The molecule has 3 nitrogen and oxygen atoms in total. The summed E-state index contributed by atoms with van der Waals surface area (Å²) in [4.78, 5) is 13.8. The SMILES string of the molecule is CCCN(CCC)C(=O)CNc1ccccc1F. The first-order chi connectivity index (χ1) is 8.69. The fourth-order valence-electron chi connectivity index (χ4n) is 1.79. The van der Waals surface area contributed by atoms with Crippen molar-refractivity contribution < 1.29 is 9.18 Å². The number of hydrogen-bond donors (Lipinski definition) is 1. The molecule has 0 fully saturated rings. The fraction of sp³-hybridized carbons (Fsp3) is 0.500. The Bertz CT molecular complexity index is 376. The zero-order valence-corrected chi connectivity index (χ0v) is 11.1. The summed E-state index contributed by atoms with van der Waals surface area (Å²) in [6, 6.07) is 6.38. The lowest BCUT2D eigenvalue weighted by molar-refractivity contribution is -0.129. The minimum absolute atomic E-state index is 0.0157. The standard InChI is InChI=1S/C14H21FN2O/c1-3-9-17(10-4-2)14(18)11-16-13-8-6-5-7-12(13)15/h5-8,16H,3-4,9-11H2,1-2H3. The van der Waals surface area contributed by atoms with E-state index < -0.39 is 0 Å². The summed E-state index contributed by atoms with van der Waals surface area (Å²) in [7, 11) is 0. The first-order valence-electron chi connectivity index (χ1n) is 6.45. The van der Waals surface area contributed by atoms with Crippen LogP contribution in [0.2, 0.25) is 0 Å². The van der Waals surface area contributed by atoms with E-state index in [-0.39, 0.29) is 18.3 Å². The van der Waals surface area contributed by atoms with Gasteiger partial charge in [0, 0.05) is 13.1 Å². The van der Waals surface area contributed by atoms with Gasteiger partial charge in [-0.05, 0) is 25.0 Å². The molecule has 0 saturated carbocycles. The van der Waals surface area contributed by atoms with Gasteiger partial charge >= 0.3 is 0 Å². The molecule has 100 valence electrons. The molecule has 1 aromatic rings. The Labute approximate surface area is 108 Å². The van der Waals surface area contributed by atoms with E-state index in [1.54, 1.807) is 18.2 Å². The minimum Gasteiger partial charge on any atom is -0.374 e. The van der Waals surface area contributed by atoms with Crippen molar-refractivity contribution in [2.75, 3.05) is 25.0 Å². The van der Waals surface area contributed by atoms with Gasteiger partial charge < -0.3 is 10.2 Å². The third-order valence-corrected chi connectivity index (χ3v) is 2.64. The van der Waals surface area contributed by atoms with Crippen LogP contribution >= 0.6 is 0 Å². The highest BCUT2D eigenvalue weighted by Gasteiger charge is 2.11. The minimum atomic E-state index is -0.331. The second-order valence-electron chi connectivity index (χ2n) is 4.21. The number of amides is 1. The maximum Gasteiger partial charge on any atom is 0.241 e. The molecule has 0 unspecified atom stereocenters. The second-order valence-corrected chi connectivity index (χ2v) is 4.21. The van der Waals surface area contributed by atoms with E-state index in [1.807, 2.05) is 18.7 Å². The van der Waals surface area contributed by atoms with Crippen LogP contribution in [0.1, 0.15) is 26.7 Å². The van der Waals surface area contributed by atoms with E-state index in [2.05, 4.69) is 5.32 Å². The number of benzene rings is 1. The largest absolute Gasteiger partial charge is 0.374 e. The number of anilines is 1. The highest BCUT2D eigenvalue weighted by molar-refractivity contribution is 5.80. The smallest absolute Gasteiger partial charge is 0.241 e. The molecule has 0 aliphatic heterocycles. The van der Waals surface area contributed by atoms with Gasteiger partial charge in [-0.15, -0.1) is 0 Å². The van der Waals surface area contributed by atoms with Crippen molar-refractivity contribution in [1.82, 2.24) is 4.90 Å². The Kier molecular flexibility index (Phi) is 6.19. The first-order valence-corrected chi connectivity index (χ1v) is 6.45. The average Bonchev–Trinajstić information content (AvgIpc) is 2.37. The topological polar surface area (TPSA) is 32.3 Å². The Hall–Kier alpha value is -1.58. The van der Waals surface area contributed by atoms with Crippen LogP contribution in [-0.2, 0) is 4.79 Å². The van der Waals surface area contributed by atoms with Crippen LogP contribution in [0.25, 0.3) is 0 Å². The highest BCUT2D eigenvalue weighted by atomic mass is 19.1. The predicted octanol–water partition coefficient (Wildman–Crippen LogP) is 2.89. The molecule has 0 aromatic heterocycles. The van der Waals surface area contributed by atoms with Crippen LogP contribution in [0.3, 0.4) is 0 Å². The molecule has 0 bridgehead atoms. The van der Waals surface area contributed by atoms with E-state index >= 15 is 0 Å². The summed E-state index contributed by atoms with van der Waals surface area (Å²) in [5.74, 6) is -0.315. The molecule has 1 amide bonds. The Balaban J connectivity index is 2.51. The number of hydrogen-bond acceptors (Lipinski definition) is 2. The maximum absolute atomic E-state index is 13.3. The van der Waals surface area contributed by atoms with Crippen LogP contribution in [0.15, 0.2) is 24.3 Å². The second kappa shape index (κ2) is 7.69. The van der Waals surface area contributed by atoms with E-state index in [0.29, 0.717) is 5.69 Å². The summed E-state index contributed by atoms with van der Waals surface area (Å²) in [5.41, 5.74) is 0.374. The van der Waals surface area contributed by atoms with Crippen molar-refractivity contribution >= 4 is 11.6 Å². The first kappa shape index (κ1) is 14.5. The molecule has 18 heavy (non-hydrogen) atoms. The molecule has 1 aromatic carbocycles. The van der Waals surface area contributed by atoms with Crippen molar-refractivity contribution in [1.29, 1.82) is 0 Å². The van der Waals surface area contributed by atoms with Crippen molar-refractivity contribution in [3.05, 3.63) is 30.1 Å². The number of halogens is 1. The van der Waals surface area contributed by atoms with Crippen LogP contribution in [-0.4, -0.2) is 30.4 Å². The van der Waals surface area contributed by atoms with Gasteiger partial charge in [0.25, 0.3) is 0 Å². The summed E-state index contributed by atoms with van der Waals surface area (Å²) in [6.45, 7) is 5.73. The maximum atomic E-state index is 13.3. The van der Waals surface area contributed by atoms with Crippen molar-refractivity contribution in [3.8, 4) is 0 Å². The zero-order valence-electron chi connectivity index (χ0n) is 11.1. The fourth-order valence-corrected chi connectivity index (χ4v) is 1.79. The van der Waals surface area contributed by atoms with Gasteiger partial charge in [-0.1, -0.05) is 26.0 Å². The molecule has 1 rings (SSSR count). The van der Waals surface area contributed by atoms with Gasteiger partial charge in [-0.25, -0.2) is 4.39 Å². The molecular weight excluding hydrogens is 231 g/mol. The molecule has 1 N–H and O–H groups in total. The lowest BCUT2D eigenvalue weighted by Crippen LogP contribution is -2.36. The van der Waals surface area contributed by atoms with Crippen LogP contribution in [0.5, 0.6) is 0 Å². The summed E-state index contributed by atoms with van der Waals surface area (Å²) in [6.07, 6.45) is 1.87. The number of para-hydroxylation sites is 1. The van der Waals surface area contributed by atoms with Crippen LogP contribution in [0, 0.1) is 5.82 Å². The normalized spacial score (nSPS) is 10.2. The van der Waals surface area contributed by atoms with Gasteiger partial charge in [-0.3, -0.25) is 4.79 Å². The quantitative estimate of drug-likeness (QED) is 0.809. The number of carbonyl (C=O) groups excluding carboxylic acids is 1. The predicted molar refractivity (Wildman–Crippen MR) is 72.1 cm³/mol. The monoisotopic (exact) mass is 252 g/mol. The van der Waals surface area contributed by atoms with Gasteiger partial charge in [0.15, 0.2) is 0 Å². The highest BCUT2D eigenvalue weighted by Crippen LogP contribution is 2.11. The van der Waals surface area contributed by atoms with Crippen molar-refractivity contribution in [2.45, 2.75) is 26.7 Å². The summed E-state index contributed by atoms with van der Waals surface area (Å²) < 4.78 is 13.3. The Morgan fingerprint density at radius 3 is 2.39 bits per heavy atom. The number of nitrogens with one attached hydrogen (secondary N) is 1.